The van der Waals surface area contributed by atoms with Crippen molar-refractivity contribution >= 4 is 21.5 Å². The molecule has 0 aromatic rings. The van der Waals surface area contributed by atoms with Crippen molar-refractivity contribution in [1.82, 2.24) is 4.72 Å². The molecule has 214 valence electrons. The third kappa shape index (κ3) is 3.45. The van der Waals surface area contributed by atoms with E-state index >= 15 is 0 Å². The molecule has 8 atom stereocenters. The van der Waals surface area contributed by atoms with Crippen LogP contribution in [0.4, 0.5) is 0 Å². The first-order valence-corrected chi connectivity index (χ1v) is 16.8. The zero-order valence-electron chi connectivity index (χ0n) is 24.7. The van der Waals surface area contributed by atoms with Crippen LogP contribution in [0.1, 0.15) is 92.4 Å². The molecule has 4 fully saturated rings. The lowest BCUT2D eigenvalue weighted by Crippen LogP contribution is -2.69. The summed E-state index contributed by atoms with van der Waals surface area (Å²) in [6, 6.07) is 2.21. The second-order valence-corrected chi connectivity index (χ2v) is 17.4. The number of hydrogen-bond acceptors (Lipinski definition) is 6. The molecule has 0 bridgehead atoms. The fraction of sp³-hybridized carbons (Fsp3) is 0.750. The topological polar surface area (TPSA) is 123 Å². The number of nitriles is 2. The van der Waals surface area contributed by atoms with Crippen molar-refractivity contribution in [2.24, 2.45) is 49.2 Å². The Kier molecular flexibility index (Phi) is 5.69. The minimum atomic E-state index is -2.94. The van der Waals surface area contributed by atoms with Gasteiger partial charge in [0.25, 0.3) is 0 Å². The van der Waals surface area contributed by atoms with Gasteiger partial charge in [-0.1, -0.05) is 46.3 Å². The summed E-state index contributed by atoms with van der Waals surface area (Å²) in [5.74, 6) is -0.0350. The van der Waals surface area contributed by atoms with Gasteiger partial charge in [-0.15, -0.1) is 4.36 Å². The summed E-state index contributed by atoms with van der Waals surface area (Å²) in [4.78, 5) is 27.8. The Balaban J connectivity index is 1.51. The number of nitrogens with one attached hydrogen (secondary N) is 1. The lowest BCUT2D eigenvalue weighted by Gasteiger charge is -2.69. The minimum absolute atomic E-state index is 0.0109. The van der Waals surface area contributed by atoms with Crippen LogP contribution in [0.25, 0.3) is 0 Å². The van der Waals surface area contributed by atoms with Gasteiger partial charge in [-0.05, 0) is 91.9 Å². The van der Waals surface area contributed by atoms with Crippen molar-refractivity contribution in [2.45, 2.75) is 97.9 Å². The van der Waals surface area contributed by atoms with Gasteiger partial charge in [0.05, 0.1) is 5.57 Å². The lowest BCUT2D eigenvalue weighted by molar-refractivity contribution is -0.158. The fourth-order valence-corrected chi connectivity index (χ4v) is 12.0. The Morgan fingerprint density at radius 3 is 2.30 bits per heavy atom. The number of ketones is 2. The molecule has 0 amide bonds. The van der Waals surface area contributed by atoms with Crippen molar-refractivity contribution in [2.75, 3.05) is 6.26 Å². The second-order valence-electron chi connectivity index (χ2n) is 15.4. The molecule has 0 aliphatic heterocycles. The van der Waals surface area contributed by atoms with E-state index in [2.05, 4.69) is 49.8 Å². The predicted molar refractivity (Wildman–Crippen MR) is 152 cm³/mol. The van der Waals surface area contributed by atoms with Gasteiger partial charge < -0.3 is 0 Å². The molecule has 1 N–H and O–H groups in total. The summed E-state index contributed by atoms with van der Waals surface area (Å²) in [7, 11) is -2.94. The van der Waals surface area contributed by atoms with Gasteiger partial charge in [0.2, 0.25) is 6.19 Å². The van der Waals surface area contributed by atoms with E-state index in [1.54, 1.807) is 6.19 Å². The van der Waals surface area contributed by atoms with E-state index in [-0.39, 0.29) is 51.1 Å². The predicted octanol–water partition coefficient (Wildman–Crippen LogP) is 5.80. The summed E-state index contributed by atoms with van der Waals surface area (Å²) < 4.78 is 20.5. The van der Waals surface area contributed by atoms with Crippen LogP contribution in [0.5, 0.6) is 0 Å². The molecule has 6 aliphatic rings. The number of carbonyl (C=O) groups excluding carboxylic acids is 2. The summed E-state index contributed by atoms with van der Waals surface area (Å²) >= 11 is 0. The van der Waals surface area contributed by atoms with Gasteiger partial charge in [0.1, 0.15) is 16.0 Å². The molecule has 1 spiro atoms. The normalized spacial score (nSPS) is 45.6. The zero-order valence-corrected chi connectivity index (χ0v) is 25.5. The number of Topliss-reactive ketones (excluding diaryl/α,β-unsaturated/α-hetero) is 1. The van der Waals surface area contributed by atoms with Crippen LogP contribution in [0.2, 0.25) is 0 Å². The molecule has 1 unspecified atom stereocenters. The van der Waals surface area contributed by atoms with Gasteiger partial charge in [0, 0.05) is 28.5 Å². The molecular weight excluding hydrogens is 520 g/mol. The molecule has 0 saturated heterocycles. The first-order valence-electron chi connectivity index (χ1n) is 14.9. The van der Waals surface area contributed by atoms with Crippen molar-refractivity contribution in [3.8, 4) is 12.3 Å². The lowest BCUT2D eigenvalue weighted by atomic mass is 9.35. The second kappa shape index (κ2) is 8.17. The van der Waals surface area contributed by atoms with E-state index in [1.807, 2.05) is 12.2 Å². The number of hydrogen-bond donors (Lipinski definition) is 1. The molecule has 4 saturated carbocycles. The molecule has 6 rings (SSSR count). The van der Waals surface area contributed by atoms with E-state index < -0.39 is 26.3 Å². The van der Waals surface area contributed by atoms with Crippen molar-refractivity contribution in [3.05, 3.63) is 23.3 Å². The highest BCUT2D eigenvalue weighted by atomic mass is 32.2. The van der Waals surface area contributed by atoms with Crippen LogP contribution >= 0.6 is 0 Å². The monoisotopic (exact) mass is 562 g/mol. The van der Waals surface area contributed by atoms with Crippen molar-refractivity contribution in [1.29, 1.82) is 10.5 Å². The highest BCUT2D eigenvalue weighted by Gasteiger charge is 2.72. The van der Waals surface area contributed by atoms with Crippen LogP contribution in [-0.2, 0) is 19.5 Å². The van der Waals surface area contributed by atoms with Gasteiger partial charge in [-0.3, -0.25) is 9.59 Å². The number of carbonyl (C=O) groups is 2. The van der Waals surface area contributed by atoms with E-state index in [4.69, 9.17) is 0 Å². The number of fused-ring (bicyclic) bond motifs is 8. The van der Waals surface area contributed by atoms with Gasteiger partial charge in [-0.25, -0.2) is 8.93 Å². The zero-order chi connectivity index (χ0) is 29.1. The Morgan fingerprint density at radius 2 is 1.68 bits per heavy atom. The first kappa shape index (κ1) is 27.9. The molecule has 0 radical (unpaired) electrons. The highest BCUT2D eigenvalue weighted by molar-refractivity contribution is 7.91. The molecular formula is C32H42N4O3S. The van der Waals surface area contributed by atoms with Crippen LogP contribution in [0, 0.1) is 67.6 Å². The smallest absolute Gasteiger partial charge is 0.215 e. The van der Waals surface area contributed by atoms with Crippen LogP contribution in [0.15, 0.2) is 27.7 Å². The van der Waals surface area contributed by atoms with Gasteiger partial charge in [-0.2, -0.15) is 10.5 Å². The Labute approximate surface area is 239 Å². The summed E-state index contributed by atoms with van der Waals surface area (Å²) in [6.07, 6.45) is 14.7. The van der Waals surface area contributed by atoms with Crippen LogP contribution in [0.3, 0.4) is 0 Å². The minimum Gasteiger partial charge on any atom is -0.295 e. The Bertz CT molecular complexity index is 1500. The van der Waals surface area contributed by atoms with E-state index in [1.165, 1.54) is 6.26 Å². The fourth-order valence-electron chi connectivity index (χ4n) is 10.7. The van der Waals surface area contributed by atoms with Gasteiger partial charge >= 0.3 is 0 Å². The maximum absolute atomic E-state index is 14.5. The maximum atomic E-state index is 14.5. The Morgan fingerprint density at radius 1 is 1.00 bits per heavy atom. The van der Waals surface area contributed by atoms with E-state index in [0.29, 0.717) is 0 Å². The van der Waals surface area contributed by atoms with Crippen LogP contribution in [-0.4, -0.2) is 27.6 Å². The van der Waals surface area contributed by atoms with E-state index in [0.717, 1.165) is 63.4 Å². The molecule has 6 aliphatic carbocycles. The highest BCUT2D eigenvalue weighted by Crippen LogP contribution is 2.76. The average molecular weight is 563 g/mol. The largest absolute Gasteiger partial charge is 0.295 e. The number of nitrogens with zero attached hydrogens (tertiary/aromatic N) is 3. The molecule has 7 nitrogen and oxygen atoms in total. The third-order valence-corrected chi connectivity index (χ3v) is 14.1. The first-order chi connectivity index (χ1) is 18.5. The average Bonchev–Trinajstić information content (AvgIpc) is 3.65. The molecule has 0 aromatic carbocycles. The van der Waals surface area contributed by atoms with Crippen molar-refractivity contribution in [3.63, 3.8) is 0 Å². The Hall–Kier alpha value is -2.29. The number of allylic oxidation sites excluding steroid dienone is 4. The molecule has 0 heterocycles. The maximum Gasteiger partial charge on any atom is 0.215 e. The quantitative estimate of drug-likeness (QED) is 0.426. The van der Waals surface area contributed by atoms with Crippen LogP contribution < -0.4 is 4.72 Å². The molecule has 0 aromatic heterocycles. The molecule has 8 heteroatoms. The summed E-state index contributed by atoms with van der Waals surface area (Å²) in [6.45, 7) is 11.3. The summed E-state index contributed by atoms with van der Waals surface area (Å²) in [5, 5.41) is 19.1. The third-order valence-electron chi connectivity index (χ3n) is 12.9. The molecule has 40 heavy (non-hydrogen) atoms. The number of rotatable bonds is 2. The van der Waals surface area contributed by atoms with E-state index in [9.17, 15) is 24.3 Å². The van der Waals surface area contributed by atoms with Gasteiger partial charge in [0.15, 0.2) is 11.6 Å². The van der Waals surface area contributed by atoms with Crippen molar-refractivity contribution < 1.29 is 13.8 Å². The standard InChI is InChI=1S/C32H42N4O3S/c1-27(2)9-13-32(36-40(6,39)35-19-34)14-10-30(5)25(21(32)17-27)22(37)15-24-28(3)16-20(18-33)26(38)31(11-12-31)23(28)7-8-29(24,30)4/h15-16,21,23,25H,7-14,17H2,1-6H3,(H,35,36,39)/t21-,23+,25-,28-,29+,30+,32-,40?/m0/s1. The SMILES string of the molecule is CC1(C)CC[C@]2(NS(C)(=O)=NC#N)CC[C@]3(C)[C@H](C(=O)C=C4[C@@]5(C)C=C(C#N)C(=O)C6(CC6)[C@@H]5CC[C@]43C)[C@@H]2C1. The summed E-state index contributed by atoms with van der Waals surface area (Å²) in [5.41, 5.74) is -0.657.